The van der Waals surface area contributed by atoms with Gasteiger partial charge in [0.1, 0.15) is 6.04 Å². The van der Waals surface area contributed by atoms with Gasteiger partial charge in [0.25, 0.3) is 5.91 Å². The number of carbonyl (C=O) groups excluding carboxylic acids is 2. The summed E-state index contributed by atoms with van der Waals surface area (Å²) < 4.78 is 0. The van der Waals surface area contributed by atoms with Gasteiger partial charge in [-0.25, -0.2) is 0 Å². The molecular formula is C13H18ClN3O2. The van der Waals surface area contributed by atoms with Gasteiger partial charge in [-0.3, -0.25) is 9.59 Å². The number of likely N-dealkylation sites (tertiary alicyclic amines) is 1. The molecule has 1 aromatic rings. The minimum atomic E-state index is -0.466. The van der Waals surface area contributed by atoms with Crippen LogP contribution in [-0.2, 0) is 11.3 Å². The molecule has 0 bridgehead atoms. The van der Waals surface area contributed by atoms with Crippen LogP contribution in [0.3, 0.4) is 0 Å². The standard InChI is InChI=1S/C13H17N3O2.ClH/c14-8-9-3-5-10(6-4-9)13(18)16-7-1-2-11(16)12(15)17;/h3-6,11H,1-2,7-8,14H2,(H2,15,17);1H. The Hall–Kier alpha value is -1.59. The topological polar surface area (TPSA) is 89.4 Å². The van der Waals surface area contributed by atoms with Crippen molar-refractivity contribution in [2.75, 3.05) is 6.54 Å². The number of hydrogen-bond acceptors (Lipinski definition) is 3. The molecule has 4 N–H and O–H groups in total. The first-order valence-electron chi connectivity index (χ1n) is 6.03. The number of nitrogens with zero attached hydrogens (tertiary/aromatic N) is 1. The highest BCUT2D eigenvalue weighted by molar-refractivity contribution is 5.97. The van der Waals surface area contributed by atoms with Crippen LogP contribution in [0.5, 0.6) is 0 Å². The van der Waals surface area contributed by atoms with Gasteiger partial charge >= 0.3 is 0 Å². The zero-order valence-corrected chi connectivity index (χ0v) is 11.4. The summed E-state index contributed by atoms with van der Waals surface area (Å²) in [5.41, 5.74) is 12.3. The van der Waals surface area contributed by atoms with Crippen LogP contribution in [0, 0.1) is 0 Å². The van der Waals surface area contributed by atoms with E-state index in [0.717, 1.165) is 12.0 Å². The molecule has 1 unspecified atom stereocenters. The Morgan fingerprint density at radius 1 is 1.26 bits per heavy atom. The summed E-state index contributed by atoms with van der Waals surface area (Å²) in [6, 6.07) is 6.65. The number of benzene rings is 1. The normalized spacial score (nSPS) is 17.9. The van der Waals surface area contributed by atoms with Gasteiger partial charge in [-0.05, 0) is 30.5 Å². The first-order chi connectivity index (χ1) is 8.63. The molecular weight excluding hydrogens is 266 g/mol. The third-order valence-electron chi connectivity index (χ3n) is 3.28. The number of halogens is 1. The molecule has 2 amide bonds. The minimum Gasteiger partial charge on any atom is -0.368 e. The summed E-state index contributed by atoms with van der Waals surface area (Å²) >= 11 is 0. The van der Waals surface area contributed by atoms with Crippen molar-refractivity contribution < 1.29 is 9.59 Å². The Morgan fingerprint density at radius 2 is 1.89 bits per heavy atom. The number of primary amides is 1. The Morgan fingerprint density at radius 3 is 2.42 bits per heavy atom. The highest BCUT2D eigenvalue weighted by Gasteiger charge is 2.32. The fourth-order valence-electron chi connectivity index (χ4n) is 2.25. The van der Waals surface area contributed by atoms with E-state index in [-0.39, 0.29) is 18.3 Å². The highest BCUT2D eigenvalue weighted by Crippen LogP contribution is 2.20. The van der Waals surface area contributed by atoms with Crippen LogP contribution in [0.1, 0.15) is 28.8 Å². The van der Waals surface area contributed by atoms with E-state index >= 15 is 0 Å². The highest BCUT2D eigenvalue weighted by atomic mass is 35.5. The molecule has 1 saturated heterocycles. The predicted octanol–water partition coefficient (Wildman–Crippen LogP) is 0.657. The fourth-order valence-corrected chi connectivity index (χ4v) is 2.25. The van der Waals surface area contributed by atoms with Gasteiger partial charge in [0.05, 0.1) is 0 Å². The Bertz CT molecular complexity index is 461. The maximum atomic E-state index is 12.2. The van der Waals surface area contributed by atoms with E-state index in [1.165, 1.54) is 0 Å². The molecule has 2 rings (SSSR count). The molecule has 0 aliphatic carbocycles. The number of rotatable bonds is 3. The van der Waals surface area contributed by atoms with E-state index < -0.39 is 11.9 Å². The van der Waals surface area contributed by atoms with Crippen LogP contribution in [0.2, 0.25) is 0 Å². The average molecular weight is 284 g/mol. The SMILES string of the molecule is Cl.NCc1ccc(C(=O)N2CCCC2C(N)=O)cc1. The largest absolute Gasteiger partial charge is 0.368 e. The van der Waals surface area contributed by atoms with Crippen molar-refractivity contribution in [1.29, 1.82) is 0 Å². The van der Waals surface area contributed by atoms with E-state index in [1.54, 1.807) is 17.0 Å². The summed E-state index contributed by atoms with van der Waals surface area (Å²) in [4.78, 5) is 25.1. The zero-order valence-electron chi connectivity index (χ0n) is 10.5. The van der Waals surface area contributed by atoms with E-state index in [4.69, 9.17) is 11.5 Å². The predicted molar refractivity (Wildman–Crippen MR) is 74.8 cm³/mol. The second-order valence-corrected chi connectivity index (χ2v) is 4.46. The van der Waals surface area contributed by atoms with Crippen molar-refractivity contribution in [3.05, 3.63) is 35.4 Å². The molecule has 19 heavy (non-hydrogen) atoms. The van der Waals surface area contributed by atoms with E-state index in [1.807, 2.05) is 12.1 Å². The quantitative estimate of drug-likeness (QED) is 0.854. The summed E-state index contributed by atoms with van der Waals surface area (Å²) in [6.45, 7) is 1.03. The first kappa shape index (κ1) is 15.5. The molecule has 5 nitrogen and oxygen atoms in total. The lowest BCUT2D eigenvalue weighted by Gasteiger charge is -2.22. The summed E-state index contributed by atoms with van der Waals surface area (Å²) in [7, 11) is 0. The zero-order chi connectivity index (χ0) is 13.1. The second-order valence-electron chi connectivity index (χ2n) is 4.46. The molecule has 1 aromatic carbocycles. The smallest absolute Gasteiger partial charge is 0.254 e. The maximum Gasteiger partial charge on any atom is 0.254 e. The minimum absolute atomic E-state index is 0. The average Bonchev–Trinajstić information content (AvgIpc) is 2.87. The van der Waals surface area contributed by atoms with Crippen LogP contribution in [0.25, 0.3) is 0 Å². The Labute approximate surface area is 118 Å². The fraction of sp³-hybridized carbons (Fsp3) is 0.385. The van der Waals surface area contributed by atoms with Crippen molar-refractivity contribution in [3.8, 4) is 0 Å². The van der Waals surface area contributed by atoms with Gasteiger partial charge in [0, 0.05) is 18.7 Å². The molecule has 1 fully saturated rings. The third-order valence-corrected chi connectivity index (χ3v) is 3.28. The summed E-state index contributed by atoms with van der Waals surface area (Å²) in [5, 5.41) is 0. The molecule has 0 radical (unpaired) electrons. The monoisotopic (exact) mass is 283 g/mol. The lowest BCUT2D eigenvalue weighted by atomic mass is 10.1. The molecule has 6 heteroatoms. The second kappa shape index (κ2) is 6.54. The molecule has 1 aliphatic rings. The Kier molecular flexibility index (Phi) is 5.32. The van der Waals surface area contributed by atoms with Crippen LogP contribution in [0.15, 0.2) is 24.3 Å². The van der Waals surface area contributed by atoms with Crippen LogP contribution < -0.4 is 11.5 Å². The lowest BCUT2D eigenvalue weighted by molar-refractivity contribution is -0.121. The van der Waals surface area contributed by atoms with E-state index in [0.29, 0.717) is 25.1 Å². The van der Waals surface area contributed by atoms with E-state index in [9.17, 15) is 9.59 Å². The van der Waals surface area contributed by atoms with Crippen molar-refractivity contribution in [2.45, 2.75) is 25.4 Å². The van der Waals surface area contributed by atoms with Crippen LogP contribution >= 0.6 is 12.4 Å². The lowest BCUT2D eigenvalue weighted by Crippen LogP contribution is -2.43. The first-order valence-corrected chi connectivity index (χ1v) is 6.03. The molecule has 0 aromatic heterocycles. The molecule has 0 spiro atoms. The van der Waals surface area contributed by atoms with Crippen molar-refractivity contribution in [1.82, 2.24) is 4.90 Å². The van der Waals surface area contributed by atoms with Gasteiger partial charge in [-0.1, -0.05) is 12.1 Å². The van der Waals surface area contributed by atoms with Crippen molar-refractivity contribution in [2.24, 2.45) is 11.5 Å². The van der Waals surface area contributed by atoms with Gasteiger partial charge in [-0.15, -0.1) is 12.4 Å². The molecule has 1 atom stereocenters. The number of amides is 2. The number of hydrogen-bond donors (Lipinski definition) is 2. The third kappa shape index (κ3) is 3.24. The van der Waals surface area contributed by atoms with Crippen LogP contribution in [-0.4, -0.2) is 29.3 Å². The van der Waals surface area contributed by atoms with Gasteiger partial charge < -0.3 is 16.4 Å². The van der Waals surface area contributed by atoms with Gasteiger partial charge in [-0.2, -0.15) is 0 Å². The van der Waals surface area contributed by atoms with Crippen molar-refractivity contribution in [3.63, 3.8) is 0 Å². The van der Waals surface area contributed by atoms with Crippen LogP contribution in [0.4, 0.5) is 0 Å². The summed E-state index contributed by atoms with van der Waals surface area (Å²) in [6.07, 6.45) is 1.47. The van der Waals surface area contributed by atoms with E-state index in [2.05, 4.69) is 0 Å². The molecule has 1 heterocycles. The Balaban J connectivity index is 0.00000180. The molecule has 1 aliphatic heterocycles. The van der Waals surface area contributed by atoms with Crippen molar-refractivity contribution >= 4 is 24.2 Å². The number of nitrogens with two attached hydrogens (primary N) is 2. The maximum absolute atomic E-state index is 12.2. The summed E-state index contributed by atoms with van der Waals surface area (Å²) in [5.74, 6) is -0.570. The van der Waals surface area contributed by atoms with Gasteiger partial charge in [0.15, 0.2) is 0 Å². The number of carbonyl (C=O) groups is 2. The van der Waals surface area contributed by atoms with Gasteiger partial charge in [0.2, 0.25) is 5.91 Å². The molecule has 0 saturated carbocycles. The molecule has 104 valence electrons.